The number of thiophene rings is 1. The lowest BCUT2D eigenvalue weighted by molar-refractivity contribution is -0.131. The SMILES string of the molecule is COC1(C)CCCN(C(=O)c2sccc2/C=C/C(=O)O)C1. The molecule has 21 heavy (non-hydrogen) atoms. The number of ether oxygens (including phenoxy) is 1. The van der Waals surface area contributed by atoms with Crippen LogP contribution in [0.4, 0.5) is 0 Å². The summed E-state index contributed by atoms with van der Waals surface area (Å²) in [6.45, 7) is 3.27. The van der Waals surface area contributed by atoms with E-state index in [1.165, 1.54) is 17.4 Å². The van der Waals surface area contributed by atoms with E-state index in [1.54, 1.807) is 23.5 Å². The van der Waals surface area contributed by atoms with Crippen LogP contribution in [0.2, 0.25) is 0 Å². The molecule has 2 rings (SSSR count). The highest BCUT2D eigenvalue weighted by Gasteiger charge is 2.34. The molecule has 1 aromatic heterocycles. The minimum atomic E-state index is -1.02. The van der Waals surface area contributed by atoms with Gasteiger partial charge in [-0.3, -0.25) is 4.79 Å². The molecule has 1 unspecified atom stereocenters. The average Bonchev–Trinajstić information content (AvgIpc) is 2.92. The van der Waals surface area contributed by atoms with E-state index in [2.05, 4.69) is 0 Å². The van der Waals surface area contributed by atoms with E-state index in [0.717, 1.165) is 18.9 Å². The van der Waals surface area contributed by atoms with Crippen LogP contribution in [0.3, 0.4) is 0 Å². The Balaban J connectivity index is 2.17. The summed E-state index contributed by atoms with van der Waals surface area (Å²) in [7, 11) is 1.67. The number of amides is 1. The lowest BCUT2D eigenvalue weighted by Gasteiger charge is -2.39. The molecule has 0 spiro atoms. The van der Waals surface area contributed by atoms with Gasteiger partial charge in [0.05, 0.1) is 10.5 Å². The fraction of sp³-hybridized carbons (Fsp3) is 0.467. The Kier molecular flexibility index (Phi) is 4.80. The Bertz CT molecular complexity index is 566. The van der Waals surface area contributed by atoms with Gasteiger partial charge < -0.3 is 14.7 Å². The van der Waals surface area contributed by atoms with Crippen LogP contribution in [0.25, 0.3) is 6.08 Å². The fourth-order valence-electron chi connectivity index (χ4n) is 2.47. The molecule has 1 aliphatic heterocycles. The average molecular weight is 309 g/mol. The van der Waals surface area contributed by atoms with Crippen LogP contribution in [0.1, 0.15) is 35.0 Å². The molecule has 1 amide bonds. The number of hydrogen-bond donors (Lipinski definition) is 1. The highest BCUT2D eigenvalue weighted by molar-refractivity contribution is 7.12. The quantitative estimate of drug-likeness (QED) is 0.868. The van der Waals surface area contributed by atoms with Gasteiger partial charge in [0.2, 0.25) is 0 Å². The van der Waals surface area contributed by atoms with E-state index in [4.69, 9.17) is 9.84 Å². The number of carbonyl (C=O) groups is 2. The number of hydrogen-bond acceptors (Lipinski definition) is 4. The molecule has 0 aliphatic carbocycles. The van der Waals surface area contributed by atoms with Gasteiger partial charge in [-0.05, 0) is 42.9 Å². The van der Waals surface area contributed by atoms with Crippen molar-refractivity contribution >= 4 is 29.3 Å². The highest BCUT2D eigenvalue weighted by atomic mass is 32.1. The van der Waals surface area contributed by atoms with Gasteiger partial charge in [-0.15, -0.1) is 11.3 Å². The zero-order chi connectivity index (χ0) is 15.5. The molecule has 1 aliphatic rings. The maximum atomic E-state index is 12.6. The summed E-state index contributed by atoms with van der Waals surface area (Å²) in [6.07, 6.45) is 4.35. The van der Waals surface area contributed by atoms with Gasteiger partial charge in [-0.2, -0.15) is 0 Å². The molecule has 1 aromatic rings. The second-order valence-electron chi connectivity index (χ2n) is 5.36. The second kappa shape index (κ2) is 6.41. The van der Waals surface area contributed by atoms with E-state index in [0.29, 0.717) is 23.5 Å². The monoisotopic (exact) mass is 309 g/mol. The highest BCUT2D eigenvalue weighted by Crippen LogP contribution is 2.27. The van der Waals surface area contributed by atoms with Gasteiger partial charge in [0, 0.05) is 26.3 Å². The standard InChI is InChI=1S/C15H19NO4S/c1-15(20-2)7-3-8-16(10-15)14(19)13-11(6-9-21-13)4-5-12(17)18/h4-6,9H,3,7-8,10H2,1-2H3,(H,17,18)/b5-4+. The minimum absolute atomic E-state index is 0.0574. The van der Waals surface area contributed by atoms with E-state index < -0.39 is 5.97 Å². The molecular formula is C15H19NO4S. The summed E-state index contributed by atoms with van der Waals surface area (Å²) in [5.41, 5.74) is 0.347. The zero-order valence-corrected chi connectivity index (χ0v) is 13.0. The molecule has 1 atom stereocenters. The van der Waals surface area contributed by atoms with Crippen molar-refractivity contribution in [2.75, 3.05) is 20.2 Å². The largest absolute Gasteiger partial charge is 0.478 e. The first kappa shape index (κ1) is 15.7. The van der Waals surface area contributed by atoms with Crippen LogP contribution < -0.4 is 0 Å². The molecule has 1 N–H and O–H groups in total. The number of rotatable bonds is 4. The molecule has 1 saturated heterocycles. The molecule has 0 saturated carbocycles. The van der Waals surface area contributed by atoms with Crippen molar-refractivity contribution in [2.24, 2.45) is 0 Å². The molecule has 5 nitrogen and oxygen atoms in total. The van der Waals surface area contributed by atoms with Crippen LogP contribution in [0.15, 0.2) is 17.5 Å². The first-order valence-corrected chi connectivity index (χ1v) is 7.66. The summed E-state index contributed by atoms with van der Waals surface area (Å²) < 4.78 is 5.50. The zero-order valence-electron chi connectivity index (χ0n) is 12.2. The normalized spacial score (nSPS) is 22.7. The van der Waals surface area contributed by atoms with Gasteiger partial charge in [-0.1, -0.05) is 0 Å². The van der Waals surface area contributed by atoms with Crippen molar-refractivity contribution in [1.82, 2.24) is 4.90 Å². The third-order valence-corrected chi connectivity index (χ3v) is 4.65. The molecule has 6 heteroatoms. The number of carboxylic acid groups (broad SMARTS) is 1. The van der Waals surface area contributed by atoms with Crippen LogP contribution >= 0.6 is 11.3 Å². The molecule has 1 fully saturated rings. The maximum absolute atomic E-state index is 12.6. The van der Waals surface area contributed by atoms with Gasteiger partial charge in [0.15, 0.2) is 0 Å². The van der Waals surface area contributed by atoms with Gasteiger partial charge in [-0.25, -0.2) is 4.79 Å². The van der Waals surface area contributed by atoms with E-state index in [-0.39, 0.29) is 11.5 Å². The van der Waals surface area contributed by atoms with Crippen molar-refractivity contribution in [3.63, 3.8) is 0 Å². The number of methoxy groups -OCH3 is 1. The molecule has 0 radical (unpaired) electrons. The third kappa shape index (κ3) is 3.71. The third-order valence-electron chi connectivity index (χ3n) is 3.73. The summed E-state index contributed by atoms with van der Waals surface area (Å²) >= 11 is 1.33. The molecule has 114 valence electrons. The molecule has 0 bridgehead atoms. The molecule has 2 heterocycles. The first-order valence-electron chi connectivity index (χ1n) is 6.78. The van der Waals surface area contributed by atoms with E-state index in [1.807, 2.05) is 6.92 Å². The Morgan fingerprint density at radius 1 is 1.52 bits per heavy atom. The lowest BCUT2D eigenvalue weighted by Crippen LogP contribution is -2.49. The Hall–Kier alpha value is -1.66. The van der Waals surface area contributed by atoms with Crippen LogP contribution in [0, 0.1) is 0 Å². The van der Waals surface area contributed by atoms with Crippen molar-refractivity contribution in [2.45, 2.75) is 25.4 Å². The van der Waals surface area contributed by atoms with Crippen molar-refractivity contribution in [3.05, 3.63) is 28.0 Å². The maximum Gasteiger partial charge on any atom is 0.328 e. The smallest absolute Gasteiger partial charge is 0.328 e. The second-order valence-corrected chi connectivity index (χ2v) is 6.28. The minimum Gasteiger partial charge on any atom is -0.478 e. The Morgan fingerprint density at radius 2 is 2.29 bits per heavy atom. The number of likely N-dealkylation sites (tertiary alicyclic amines) is 1. The summed E-state index contributed by atoms with van der Waals surface area (Å²) in [5, 5.41) is 10.5. The predicted octanol–water partition coefficient (Wildman–Crippen LogP) is 2.49. The number of aliphatic carboxylic acids is 1. The van der Waals surface area contributed by atoms with Crippen molar-refractivity contribution < 1.29 is 19.4 Å². The number of carbonyl (C=O) groups excluding carboxylic acids is 1. The molecule has 0 aromatic carbocycles. The van der Waals surface area contributed by atoms with E-state index >= 15 is 0 Å². The van der Waals surface area contributed by atoms with Crippen LogP contribution in [-0.2, 0) is 9.53 Å². The topological polar surface area (TPSA) is 66.8 Å². The predicted molar refractivity (Wildman–Crippen MR) is 81.5 cm³/mol. The molecular weight excluding hydrogens is 290 g/mol. The van der Waals surface area contributed by atoms with Gasteiger partial charge in [0.1, 0.15) is 0 Å². The van der Waals surface area contributed by atoms with Crippen LogP contribution in [-0.4, -0.2) is 47.7 Å². The Morgan fingerprint density at radius 3 is 2.95 bits per heavy atom. The van der Waals surface area contributed by atoms with Crippen molar-refractivity contribution in [3.8, 4) is 0 Å². The van der Waals surface area contributed by atoms with Gasteiger partial charge in [0.25, 0.3) is 5.91 Å². The summed E-state index contributed by atoms with van der Waals surface area (Å²) in [5.74, 6) is -1.08. The number of piperidine rings is 1. The van der Waals surface area contributed by atoms with Gasteiger partial charge >= 0.3 is 5.97 Å². The number of nitrogens with zero attached hydrogens (tertiary/aromatic N) is 1. The van der Waals surface area contributed by atoms with Crippen LogP contribution in [0.5, 0.6) is 0 Å². The van der Waals surface area contributed by atoms with E-state index in [9.17, 15) is 9.59 Å². The lowest BCUT2D eigenvalue weighted by atomic mass is 9.94. The summed E-state index contributed by atoms with van der Waals surface area (Å²) in [4.78, 5) is 25.6. The number of carboxylic acids is 1. The fourth-order valence-corrected chi connectivity index (χ4v) is 3.33. The van der Waals surface area contributed by atoms with Crippen molar-refractivity contribution in [1.29, 1.82) is 0 Å². The first-order chi connectivity index (χ1) is 9.95. The Labute approximate surface area is 127 Å². The summed E-state index contributed by atoms with van der Waals surface area (Å²) in [6, 6.07) is 1.76.